The van der Waals surface area contributed by atoms with E-state index in [1.807, 2.05) is 18.2 Å². The van der Waals surface area contributed by atoms with Crippen molar-refractivity contribution in [3.63, 3.8) is 0 Å². The first kappa shape index (κ1) is 13.4. The van der Waals surface area contributed by atoms with Crippen LogP contribution in [-0.4, -0.2) is 57.8 Å². The van der Waals surface area contributed by atoms with Crippen molar-refractivity contribution in [2.75, 3.05) is 26.5 Å². The molecular formula is C9H17N3O3S. The van der Waals surface area contributed by atoms with E-state index in [2.05, 4.69) is 10.1 Å². The summed E-state index contributed by atoms with van der Waals surface area (Å²) in [5, 5.41) is 21.7. The summed E-state index contributed by atoms with van der Waals surface area (Å²) in [6, 6.07) is 0. The number of thioether (sulfide) groups is 1. The number of nitrogens with zero attached hydrogens (tertiary/aromatic N) is 3. The van der Waals surface area contributed by atoms with Gasteiger partial charge in [-0.2, -0.15) is 16.7 Å². The number of aliphatic hydroxyl groups is 2. The van der Waals surface area contributed by atoms with Gasteiger partial charge in [0.2, 0.25) is 5.89 Å². The Kier molecular flexibility index (Phi) is 5.75. The van der Waals surface area contributed by atoms with Crippen molar-refractivity contribution in [3.05, 3.63) is 11.7 Å². The van der Waals surface area contributed by atoms with E-state index in [-0.39, 0.29) is 6.61 Å². The fourth-order valence-electron chi connectivity index (χ4n) is 1.26. The maximum atomic E-state index is 9.23. The van der Waals surface area contributed by atoms with Gasteiger partial charge in [0.1, 0.15) is 0 Å². The summed E-state index contributed by atoms with van der Waals surface area (Å²) in [7, 11) is 1.82. The molecule has 0 aliphatic heterocycles. The lowest BCUT2D eigenvalue weighted by atomic mass is 10.3. The highest BCUT2D eigenvalue weighted by molar-refractivity contribution is 7.97. The van der Waals surface area contributed by atoms with Crippen molar-refractivity contribution in [1.29, 1.82) is 0 Å². The maximum Gasteiger partial charge on any atom is 0.240 e. The van der Waals surface area contributed by atoms with Crippen LogP contribution in [0, 0.1) is 0 Å². The zero-order chi connectivity index (χ0) is 12.0. The van der Waals surface area contributed by atoms with Gasteiger partial charge in [-0.25, -0.2) is 0 Å². The van der Waals surface area contributed by atoms with Crippen LogP contribution in [0.2, 0.25) is 0 Å². The third-order valence-corrected chi connectivity index (χ3v) is 2.47. The molecule has 2 N–H and O–H groups in total. The number of aromatic nitrogens is 2. The number of likely N-dealkylation sites (N-methyl/N-ethyl adjacent to an activating group) is 1. The number of hydrogen-bond acceptors (Lipinski definition) is 7. The normalized spacial score (nSPS) is 13.3. The largest absolute Gasteiger partial charge is 0.394 e. The smallest absolute Gasteiger partial charge is 0.240 e. The predicted octanol–water partition coefficient (Wildman–Crippen LogP) is -0.282. The fourth-order valence-corrected chi connectivity index (χ4v) is 1.63. The van der Waals surface area contributed by atoms with Crippen LogP contribution < -0.4 is 0 Å². The molecule has 1 aromatic rings. The highest BCUT2D eigenvalue weighted by atomic mass is 32.2. The first-order valence-electron chi connectivity index (χ1n) is 4.93. The first-order valence-corrected chi connectivity index (χ1v) is 6.33. The van der Waals surface area contributed by atoms with E-state index in [4.69, 9.17) is 9.63 Å². The molecule has 0 bridgehead atoms. The molecule has 1 heterocycles. The molecule has 16 heavy (non-hydrogen) atoms. The van der Waals surface area contributed by atoms with Gasteiger partial charge >= 0.3 is 0 Å². The summed E-state index contributed by atoms with van der Waals surface area (Å²) in [6.07, 6.45) is 1.23. The van der Waals surface area contributed by atoms with Gasteiger partial charge in [0, 0.05) is 6.54 Å². The van der Waals surface area contributed by atoms with Crippen LogP contribution >= 0.6 is 11.8 Å². The molecule has 0 aliphatic carbocycles. The van der Waals surface area contributed by atoms with Gasteiger partial charge in [-0.1, -0.05) is 5.16 Å². The standard InChI is InChI=1S/C9H17N3O3S/c1-12(3-7(14)5-13)4-9-10-8(6-16-2)11-15-9/h7,13-14H,3-6H2,1-2H3/t7-/m0/s1. The van der Waals surface area contributed by atoms with Gasteiger partial charge in [0.25, 0.3) is 0 Å². The summed E-state index contributed by atoms with van der Waals surface area (Å²) in [5.74, 6) is 1.93. The van der Waals surface area contributed by atoms with Crippen LogP contribution in [0.1, 0.15) is 11.7 Å². The molecule has 0 saturated carbocycles. The molecule has 0 saturated heterocycles. The van der Waals surface area contributed by atoms with Crippen molar-refractivity contribution >= 4 is 11.8 Å². The molecule has 0 aromatic carbocycles. The molecule has 92 valence electrons. The van der Waals surface area contributed by atoms with E-state index < -0.39 is 6.10 Å². The Morgan fingerprint density at radius 3 is 2.94 bits per heavy atom. The van der Waals surface area contributed by atoms with Crippen LogP contribution in [0.5, 0.6) is 0 Å². The topological polar surface area (TPSA) is 82.6 Å². The van der Waals surface area contributed by atoms with Crippen LogP contribution in [0.3, 0.4) is 0 Å². The van der Waals surface area contributed by atoms with Gasteiger partial charge in [-0.3, -0.25) is 4.90 Å². The zero-order valence-corrected chi connectivity index (χ0v) is 10.3. The summed E-state index contributed by atoms with van der Waals surface area (Å²) >= 11 is 1.63. The van der Waals surface area contributed by atoms with Crippen molar-refractivity contribution in [1.82, 2.24) is 15.0 Å². The lowest BCUT2D eigenvalue weighted by molar-refractivity contribution is 0.0621. The second-order valence-electron chi connectivity index (χ2n) is 3.57. The van der Waals surface area contributed by atoms with E-state index in [1.165, 1.54) is 0 Å². The highest BCUT2D eigenvalue weighted by Gasteiger charge is 2.11. The van der Waals surface area contributed by atoms with Gasteiger partial charge in [-0.15, -0.1) is 0 Å². The molecule has 0 aliphatic rings. The van der Waals surface area contributed by atoms with E-state index in [0.717, 1.165) is 5.75 Å². The molecule has 1 rings (SSSR count). The summed E-state index contributed by atoms with van der Waals surface area (Å²) in [5.41, 5.74) is 0. The Morgan fingerprint density at radius 2 is 2.31 bits per heavy atom. The third-order valence-electron chi connectivity index (χ3n) is 1.92. The Hall–Kier alpha value is -0.630. The lowest BCUT2D eigenvalue weighted by Gasteiger charge is -2.16. The average molecular weight is 247 g/mol. The van der Waals surface area contributed by atoms with Gasteiger partial charge in [-0.05, 0) is 13.3 Å². The van der Waals surface area contributed by atoms with Crippen LogP contribution in [-0.2, 0) is 12.3 Å². The minimum absolute atomic E-state index is 0.244. The minimum atomic E-state index is -0.737. The van der Waals surface area contributed by atoms with Gasteiger partial charge in [0.15, 0.2) is 5.82 Å². The average Bonchev–Trinajstić information content (AvgIpc) is 2.65. The van der Waals surface area contributed by atoms with Crippen LogP contribution in [0.4, 0.5) is 0 Å². The van der Waals surface area contributed by atoms with Gasteiger partial charge < -0.3 is 14.7 Å². The Bertz CT molecular complexity index is 308. The van der Waals surface area contributed by atoms with E-state index >= 15 is 0 Å². The summed E-state index contributed by atoms with van der Waals surface area (Å²) in [6.45, 7) is 0.598. The van der Waals surface area contributed by atoms with E-state index in [1.54, 1.807) is 11.8 Å². The molecule has 1 atom stereocenters. The molecule has 0 spiro atoms. The Morgan fingerprint density at radius 1 is 1.56 bits per heavy atom. The number of aliphatic hydroxyl groups excluding tert-OH is 2. The molecule has 1 aromatic heterocycles. The Balaban J connectivity index is 2.40. The van der Waals surface area contributed by atoms with Crippen molar-refractivity contribution in [2.45, 2.75) is 18.4 Å². The summed E-state index contributed by atoms with van der Waals surface area (Å²) < 4.78 is 5.04. The fraction of sp³-hybridized carbons (Fsp3) is 0.778. The number of rotatable bonds is 7. The zero-order valence-electron chi connectivity index (χ0n) is 9.46. The van der Waals surface area contributed by atoms with E-state index in [9.17, 15) is 5.11 Å². The SMILES string of the molecule is CSCc1noc(CN(C)C[C@H](O)CO)n1. The molecule has 0 unspecified atom stereocenters. The minimum Gasteiger partial charge on any atom is -0.394 e. The molecule has 0 fully saturated rings. The molecule has 0 radical (unpaired) electrons. The van der Waals surface area contributed by atoms with Crippen LogP contribution in [0.15, 0.2) is 4.52 Å². The molecule has 0 amide bonds. The van der Waals surface area contributed by atoms with Gasteiger partial charge in [0.05, 0.1) is 25.0 Å². The quantitative estimate of drug-likeness (QED) is 0.685. The first-order chi connectivity index (χ1) is 7.65. The molecule has 6 nitrogen and oxygen atoms in total. The third kappa shape index (κ3) is 4.48. The van der Waals surface area contributed by atoms with E-state index in [0.29, 0.717) is 24.8 Å². The number of hydrogen-bond donors (Lipinski definition) is 2. The summed E-state index contributed by atoms with van der Waals surface area (Å²) in [4.78, 5) is 6.01. The van der Waals surface area contributed by atoms with Crippen molar-refractivity contribution < 1.29 is 14.7 Å². The maximum absolute atomic E-state index is 9.23. The van der Waals surface area contributed by atoms with Crippen molar-refractivity contribution in [2.24, 2.45) is 0 Å². The molecular weight excluding hydrogens is 230 g/mol. The monoisotopic (exact) mass is 247 g/mol. The van der Waals surface area contributed by atoms with Crippen molar-refractivity contribution in [3.8, 4) is 0 Å². The lowest BCUT2D eigenvalue weighted by Crippen LogP contribution is -2.31. The molecule has 7 heteroatoms. The van der Waals surface area contributed by atoms with Crippen LogP contribution in [0.25, 0.3) is 0 Å². The Labute approximate surface area is 98.6 Å². The second kappa shape index (κ2) is 6.85. The second-order valence-corrected chi connectivity index (χ2v) is 4.44. The predicted molar refractivity (Wildman–Crippen MR) is 60.9 cm³/mol. The highest BCUT2D eigenvalue weighted by Crippen LogP contribution is 2.07.